The number of unbranched alkanes of at least 4 members (excludes halogenated alkanes) is 3. The fourth-order valence-corrected chi connectivity index (χ4v) is 4.62. The van der Waals surface area contributed by atoms with Gasteiger partial charge in [0.2, 0.25) is 5.82 Å². The summed E-state index contributed by atoms with van der Waals surface area (Å²) in [5.74, 6) is -4.07. The number of hydrogen-bond donors (Lipinski definition) is 0. The van der Waals surface area contributed by atoms with E-state index in [0.717, 1.165) is 38.5 Å². The first kappa shape index (κ1) is 28.8. The van der Waals surface area contributed by atoms with Crippen molar-refractivity contribution >= 4 is 0 Å². The fourth-order valence-electron chi connectivity index (χ4n) is 4.62. The smallest absolute Gasteiger partial charge is 0.201 e. The molecular formula is C32H34F4O3. The van der Waals surface area contributed by atoms with Crippen LogP contribution in [0.15, 0.2) is 61.2 Å². The Morgan fingerprint density at radius 3 is 2.03 bits per heavy atom. The van der Waals surface area contributed by atoms with Crippen LogP contribution in [0.1, 0.15) is 57.3 Å². The van der Waals surface area contributed by atoms with Crippen LogP contribution in [0.2, 0.25) is 0 Å². The summed E-state index contributed by atoms with van der Waals surface area (Å²) in [6.07, 6.45) is 6.42. The SMILES string of the molecule is C=CCCC1COC(c2ccc(-c3ccc(-c4ccc(OCCCCCC)c(F)c4F)cc3)c(F)c2F)OC1. The molecule has 3 nitrogen and oxygen atoms in total. The molecule has 1 aliphatic heterocycles. The normalized spacial score (nSPS) is 17.3. The van der Waals surface area contributed by atoms with Gasteiger partial charge in [-0.3, -0.25) is 0 Å². The fraction of sp³-hybridized carbons (Fsp3) is 0.375. The molecule has 4 rings (SSSR count). The first-order valence-corrected chi connectivity index (χ1v) is 13.5. The van der Waals surface area contributed by atoms with E-state index in [0.29, 0.717) is 30.9 Å². The second-order valence-corrected chi connectivity index (χ2v) is 9.79. The predicted molar refractivity (Wildman–Crippen MR) is 144 cm³/mol. The van der Waals surface area contributed by atoms with Crippen LogP contribution >= 0.6 is 0 Å². The molecule has 0 amide bonds. The number of rotatable bonds is 12. The van der Waals surface area contributed by atoms with Gasteiger partial charge in [-0.25, -0.2) is 13.2 Å². The van der Waals surface area contributed by atoms with Crippen LogP contribution in [0, 0.1) is 29.2 Å². The van der Waals surface area contributed by atoms with Crippen LogP contribution in [0.4, 0.5) is 17.6 Å². The summed E-state index contributed by atoms with van der Waals surface area (Å²) in [5.41, 5.74) is 0.889. The second-order valence-electron chi connectivity index (χ2n) is 9.79. The first-order valence-electron chi connectivity index (χ1n) is 13.5. The zero-order chi connectivity index (χ0) is 27.8. The molecule has 1 aliphatic rings. The molecule has 1 heterocycles. The first-order chi connectivity index (χ1) is 18.9. The van der Waals surface area contributed by atoms with E-state index in [1.807, 2.05) is 6.08 Å². The van der Waals surface area contributed by atoms with E-state index in [1.54, 1.807) is 24.3 Å². The summed E-state index contributed by atoms with van der Waals surface area (Å²) in [4.78, 5) is 0. The molecule has 208 valence electrons. The van der Waals surface area contributed by atoms with Gasteiger partial charge in [0.15, 0.2) is 29.5 Å². The van der Waals surface area contributed by atoms with Gasteiger partial charge in [0.25, 0.3) is 0 Å². The van der Waals surface area contributed by atoms with Gasteiger partial charge in [-0.15, -0.1) is 6.58 Å². The van der Waals surface area contributed by atoms with Crippen molar-refractivity contribution < 1.29 is 31.8 Å². The molecule has 0 radical (unpaired) electrons. The van der Waals surface area contributed by atoms with Crippen molar-refractivity contribution in [2.75, 3.05) is 19.8 Å². The van der Waals surface area contributed by atoms with Gasteiger partial charge >= 0.3 is 0 Å². The number of benzene rings is 3. The van der Waals surface area contributed by atoms with Gasteiger partial charge in [-0.2, -0.15) is 4.39 Å². The van der Waals surface area contributed by atoms with Crippen molar-refractivity contribution in [3.63, 3.8) is 0 Å². The Kier molecular flexibility index (Phi) is 10.2. The maximum atomic E-state index is 15.1. The summed E-state index contributed by atoms with van der Waals surface area (Å²) >= 11 is 0. The van der Waals surface area contributed by atoms with E-state index >= 15 is 8.78 Å². The van der Waals surface area contributed by atoms with Crippen molar-refractivity contribution in [3.8, 4) is 28.0 Å². The molecule has 0 unspecified atom stereocenters. The van der Waals surface area contributed by atoms with E-state index < -0.39 is 29.6 Å². The van der Waals surface area contributed by atoms with E-state index in [2.05, 4.69) is 13.5 Å². The van der Waals surface area contributed by atoms with Crippen LogP contribution in [0.25, 0.3) is 22.3 Å². The zero-order valence-corrected chi connectivity index (χ0v) is 22.2. The van der Waals surface area contributed by atoms with Gasteiger partial charge in [0.05, 0.1) is 19.8 Å². The van der Waals surface area contributed by atoms with Crippen molar-refractivity contribution in [1.82, 2.24) is 0 Å². The molecule has 0 N–H and O–H groups in total. The van der Waals surface area contributed by atoms with Crippen LogP contribution in [0.3, 0.4) is 0 Å². The van der Waals surface area contributed by atoms with Crippen LogP contribution in [0.5, 0.6) is 5.75 Å². The minimum atomic E-state index is -1.05. The lowest BCUT2D eigenvalue weighted by Crippen LogP contribution is -2.27. The summed E-state index contributed by atoms with van der Waals surface area (Å²) in [5, 5.41) is 0. The summed E-state index contributed by atoms with van der Waals surface area (Å²) < 4.78 is 76.3. The van der Waals surface area contributed by atoms with Gasteiger partial charge in [0.1, 0.15) is 0 Å². The van der Waals surface area contributed by atoms with Gasteiger partial charge < -0.3 is 14.2 Å². The second kappa shape index (κ2) is 13.8. The molecule has 0 spiro atoms. The van der Waals surface area contributed by atoms with Crippen molar-refractivity contribution in [1.29, 1.82) is 0 Å². The molecule has 0 saturated carbocycles. The Morgan fingerprint density at radius 2 is 1.41 bits per heavy atom. The largest absolute Gasteiger partial charge is 0.490 e. The molecule has 0 aromatic heterocycles. The van der Waals surface area contributed by atoms with E-state index in [9.17, 15) is 8.78 Å². The minimum Gasteiger partial charge on any atom is -0.490 e. The Balaban J connectivity index is 1.45. The number of ether oxygens (including phenoxy) is 3. The third kappa shape index (κ3) is 6.89. The highest BCUT2D eigenvalue weighted by Gasteiger charge is 2.28. The zero-order valence-electron chi connectivity index (χ0n) is 22.2. The Hall–Kier alpha value is -3.16. The highest BCUT2D eigenvalue weighted by Crippen LogP contribution is 2.35. The predicted octanol–water partition coefficient (Wildman–Crippen LogP) is 9.16. The van der Waals surface area contributed by atoms with Gasteiger partial charge in [0, 0.05) is 22.6 Å². The highest BCUT2D eigenvalue weighted by atomic mass is 19.2. The molecule has 7 heteroatoms. The molecule has 3 aromatic rings. The molecule has 39 heavy (non-hydrogen) atoms. The molecular weight excluding hydrogens is 508 g/mol. The maximum Gasteiger partial charge on any atom is 0.201 e. The third-order valence-electron chi connectivity index (χ3n) is 6.92. The molecule has 0 atom stereocenters. The van der Waals surface area contributed by atoms with Crippen molar-refractivity contribution in [3.05, 3.63) is 90.0 Å². The average molecular weight is 543 g/mol. The summed E-state index contributed by atoms with van der Waals surface area (Å²) in [7, 11) is 0. The Bertz CT molecular complexity index is 1250. The molecule has 0 bridgehead atoms. The van der Waals surface area contributed by atoms with Crippen molar-refractivity contribution in [2.45, 2.75) is 51.7 Å². The van der Waals surface area contributed by atoms with E-state index in [1.165, 1.54) is 24.3 Å². The number of halogens is 4. The third-order valence-corrected chi connectivity index (χ3v) is 6.92. The monoisotopic (exact) mass is 542 g/mol. The maximum absolute atomic E-state index is 15.1. The van der Waals surface area contributed by atoms with Gasteiger partial charge in [-0.05, 0) is 42.5 Å². The van der Waals surface area contributed by atoms with E-state index in [4.69, 9.17) is 14.2 Å². The van der Waals surface area contributed by atoms with Gasteiger partial charge in [-0.1, -0.05) is 68.7 Å². The number of hydrogen-bond acceptors (Lipinski definition) is 3. The van der Waals surface area contributed by atoms with Crippen molar-refractivity contribution in [2.24, 2.45) is 5.92 Å². The van der Waals surface area contributed by atoms with Crippen LogP contribution in [-0.4, -0.2) is 19.8 Å². The Labute approximate surface area is 227 Å². The quantitative estimate of drug-likeness (QED) is 0.130. The lowest BCUT2D eigenvalue weighted by Gasteiger charge is -2.29. The lowest BCUT2D eigenvalue weighted by atomic mass is 9.98. The lowest BCUT2D eigenvalue weighted by molar-refractivity contribution is -0.207. The summed E-state index contributed by atoms with van der Waals surface area (Å²) in [6.45, 7) is 6.90. The Morgan fingerprint density at radius 1 is 0.795 bits per heavy atom. The molecule has 0 aliphatic carbocycles. The highest BCUT2D eigenvalue weighted by molar-refractivity contribution is 5.71. The van der Waals surface area contributed by atoms with Crippen LogP contribution < -0.4 is 4.74 Å². The standard InChI is InChI=1S/C32H34F4O3/c1-3-5-7-8-18-37-27-17-16-25(29(34)31(27)36)23-12-10-22(11-13-23)24-14-15-26(30(35)28(24)33)32-38-19-21(20-39-32)9-6-4-2/h4,10-17,21,32H,2-3,5-9,18-20H2,1H3. The van der Waals surface area contributed by atoms with Crippen LogP contribution in [-0.2, 0) is 9.47 Å². The summed E-state index contributed by atoms with van der Waals surface area (Å²) in [6, 6.07) is 11.9. The molecule has 1 fully saturated rings. The van der Waals surface area contributed by atoms with E-state index in [-0.39, 0.29) is 28.4 Å². The minimum absolute atomic E-state index is 0.000240. The topological polar surface area (TPSA) is 27.7 Å². The molecule has 3 aromatic carbocycles. The number of allylic oxidation sites excluding steroid dienone is 1. The molecule has 1 saturated heterocycles. The average Bonchev–Trinajstić information content (AvgIpc) is 2.96.